The summed E-state index contributed by atoms with van der Waals surface area (Å²) in [5.41, 5.74) is 3.29. The Hall–Kier alpha value is -2.50. The van der Waals surface area contributed by atoms with Crippen LogP contribution in [0.5, 0.6) is 0 Å². The van der Waals surface area contributed by atoms with Gasteiger partial charge in [-0.15, -0.1) is 0 Å². The lowest BCUT2D eigenvalue weighted by Crippen LogP contribution is -2.13. The molecule has 0 bridgehead atoms. The minimum absolute atomic E-state index is 0.0462. The Bertz CT molecular complexity index is 745. The number of benzene rings is 1. The first-order valence-electron chi connectivity index (χ1n) is 7.39. The quantitative estimate of drug-likeness (QED) is 0.642. The highest BCUT2D eigenvalue weighted by atomic mass is 16.6. The molecule has 1 heterocycles. The zero-order valence-corrected chi connectivity index (χ0v) is 12.6. The monoisotopic (exact) mass is 299 g/mol. The van der Waals surface area contributed by atoms with E-state index in [9.17, 15) is 14.9 Å². The zero-order valence-electron chi connectivity index (χ0n) is 12.6. The smallest absolute Gasteiger partial charge is 0.269 e. The highest BCUT2D eigenvalue weighted by Crippen LogP contribution is 2.31. The van der Waals surface area contributed by atoms with Crippen molar-refractivity contribution in [3.8, 4) is 5.69 Å². The minimum Gasteiger partial charge on any atom is -0.294 e. The van der Waals surface area contributed by atoms with Crippen molar-refractivity contribution in [2.45, 2.75) is 39.0 Å². The molecule has 0 N–H and O–H groups in total. The number of hydrogen-bond donors (Lipinski definition) is 0. The van der Waals surface area contributed by atoms with E-state index in [4.69, 9.17) is 0 Å². The number of Topliss-reactive ketones (excluding diaryl/α,β-unsaturated/α-hetero) is 1. The zero-order chi connectivity index (χ0) is 15.9. The summed E-state index contributed by atoms with van der Waals surface area (Å²) in [5.74, 6) is 0.313. The van der Waals surface area contributed by atoms with Crippen LogP contribution in [0, 0.1) is 10.1 Å². The Morgan fingerprint density at radius 3 is 2.50 bits per heavy atom. The topological polar surface area (TPSA) is 78.0 Å². The summed E-state index contributed by atoms with van der Waals surface area (Å²) in [7, 11) is 0. The fourth-order valence-electron chi connectivity index (χ4n) is 2.88. The van der Waals surface area contributed by atoms with Crippen LogP contribution in [-0.2, 0) is 6.42 Å². The van der Waals surface area contributed by atoms with Crippen molar-refractivity contribution in [1.82, 2.24) is 9.78 Å². The maximum Gasteiger partial charge on any atom is 0.269 e. The van der Waals surface area contributed by atoms with E-state index < -0.39 is 4.92 Å². The van der Waals surface area contributed by atoms with Crippen LogP contribution in [0.2, 0.25) is 0 Å². The first-order chi connectivity index (χ1) is 10.5. The van der Waals surface area contributed by atoms with Crippen LogP contribution >= 0.6 is 0 Å². The van der Waals surface area contributed by atoms with E-state index in [1.54, 1.807) is 16.8 Å². The molecule has 0 atom stereocenters. The second-order valence-electron chi connectivity index (χ2n) is 5.82. The molecule has 0 radical (unpaired) electrons. The fraction of sp³-hybridized carbons (Fsp3) is 0.375. The van der Waals surface area contributed by atoms with Crippen LogP contribution in [-0.4, -0.2) is 20.5 Å². The highest BCUT2D eigenvalue weighted by Gasteiger charge is 2.28. The van der Waals surface area contributed by atoms with Gasteiger partial charge in [0.25, 0.3) is 5.69 Å². The number of aromatic nitrogens is 2. The molecule has 0 saturated heterocycles. The van der Waals surface area contributed by atoms with Crippen LogP contribution in [0.25, 0.3) is 5.69 Å². The Morgan fingerprint density at radius 2 is 1.91 bits per heavy atom. The van der Waals surface area contributed by atoms with Gasteiger partial charge in [-0.2, -0.15) is 5.10 Å². The molecule has 0 aliphatic heterocycles. The van der Waals surface area contributed by atoms with E-state index in [2.05, 4.69) is 5.10 Å². The number of nitrogens with zero attached hydrogens (tertiary/aromatic N) is 3. The van der Waals surface area contributed by atoms with Crippen LogP contribution < -0.4 is 0 Å². The molecule has 2 aromatic rings. The van der Waals surface area contributed by atoms with Gasteiger partial charge in [-0.3, -0.25) is 14.9 Å². The minimum atomic E-state index is -0.425. The molecule has 0 unspecified atom stereocenters. The number of carbonyl (C=O) groups excluding carboxylic acids is 1. The summed E-state index contributed by atoms with van der Waals surface area (Å²) < 4.78 is 1.77. The molecular weight excluding hydrogens is 282 g/mol. The van der Waals surface area contributed by atoms with Crippen molar-refractivity contribution in [3.05, 3.63) is 51.3 Å². The predicted octanol–water partition coefficient (Wildman–Crippen LogP) is 3.42. The lowest BCUT2D eigenvalue weighted by molar-refractivity contribution is -0.384. The molecule has 0 amide bonds. The Morgan fingerprint density at radius 1 is 1.23 bits per heavy atom. The van der Waals surface area contributed by atoms with Gasteiger partial charge in [-0.05, 0) is 30.9 Å². The normalized spacial score (nSPS) is 14.2. The van der Waals surface area contributed by atoms with Crippen LogP contribution in [0.3, 0.4) is 0 Å². The number of hydrogen-bond acceptors (Lipinski definition) is 4. The molecule has 0 saturated carbocycles. The average molecular weight is 299 g/mol. The van der Waals surface area contributed by atoms with Gasteiger partial charge in [0.15, 0.2) is 5.78 Å². The largest absolute Gasteiger partial charge is 0.294 e. The highest BCUT2D eigenvalue weighted by molar-refractivity contribution is 5.99. The average Bonchev–Trinajstić information content (AvgIpc) is 2.88. The predicted molar refractivity (Wildman–Crippen MR) is 81.6 cm³/mol. The van der Waals surface area contributed by atoms with Gasteiger partial charge in [0.1, 0.15) is 0 Å². The SMILES string of the molecule is CC(C)c1nn(-c2ccc([N+](=O)[O-])cc2)c2c1C(=O)CCC2. The maximum absolute atomic E-state index is 12.3. The lowest BCUT2D eigenvalue weighted by Gasteiger charge is -2.13. The standard InChI is InChI=1S/C16H17N3O3/c1-10(2)16-15-13(4-3-5-14(15)20)18(17-16)11-6-8-12(9-7-11)19(21)22/h6-10H,3-5H2,1-2H3. The molecular formula is C16H17N3O3. The maximum atomic E-state index is 12.3. The molecule has 6 nitrogen and oxygen atoms in total. The molecule has 0 fully saturated rings. The van der Waals surface area contributed by atoms with Crippen LogP contribution in [0.4, 0.5) is 5.69 Å². The van der Waals surface area contributed by atoms with Gasteiger partial charge in [0.2, 0.25) is 0 Å². The van der Waals surface area contributed by atoms with Gasteiger partial charge in [-0.25, -0.2) is 4.68 Å². The van der Waals surface area contributed by atoms with E-state index in [1.807, 2.05) is 13.8 Å². The van der Waals surface area contributed by atoms with Gasteiger partial charge >= 0.3 is 0 Å². The second-order valence-corrected chi connectivity index (χ2v) is 5.82. The van der Waals surface area contributed by atoms with E-state index in [0.717, 1.165) is 35.5 Å². The summed E-state index contributed by atoms with van der Waals surface area (Å²) in [6, 6.07) is 6.27. The van der Waals surface area contributed by atoms with E-state index in [0.29, 0.717) is 6.42 Å². The number of nitro groups is 1. The van der Waals surface area contributed by atoms with Crippen molar-refractivity contribution in [1.29, 1.82) is 0 Å². The third-order valence-electron chi connectivity index (χ3n) is 3.96. The molecule has 1 aliphatic carbocycles. The van der Waals surface area contributed by atoms with Gasteiger partial charge in [-0.1, -0.05) is 13.8 Å². The summed E-state index contributed by atoms with van der Waals surface area (Å²) >= 11 is 0. The molecule has 6 heteroatoms. The van der Waals surface area contributed by atoms with Gasteiger partial charge in [0.05, 0.1) is 27.6 Å². The number of carbonyl (C=O) groups is 1. The molecule has 1 aromatic heterocycles. The third kappa shape index (κ3) is 2.30. The summed E-state index contributed by atoms with van der Waals surface area (Å²) in [4.78, 5) is 22.6. The van der Waals surface area contributed by atoms with E-state index in [1.165, 1.54) is 12.1 Å². The van der Waals surface area contributed by atoms with E-state index in [-0.39, 0.29) is 17.4 Å². The molecule has 1 aromatic carbocycles. The fourth-order valence-corrected chi connectivity index (χ4v) is 2.88. The molecule has 114 valence electrons. The van der Waals surface area contributed by atoms with Crippen molar-refractivity contribution in [2.75, 3.05) is 0 Å². The van der Waals surface area contributed by atoms with Crippen molar-refractivity contribution in [3.63, 3.8) is 0 Å². The van der Waals surface area contributed by atoms with Gasteiger partial charge in [0, 0.05) is 18.6 Å². The number of non-ortho nitro benzene ring substituents is 1. The van der Waals surface area contributed by atoms with Crippen molar-refractivity contribution >= 4 is 11.5 Å². The van der Waals surface area contributed by atoms with Crippen molar-refractivity contribution < 1.29 is 9.72 Å². The third-order valence-corrected chi connectivity index (χ3v) is 3.96. The molecule has 1 aliphatic rings. The molecule has 22 heavy (non-hydrogen) atoms. The summed E-state index contributed by atoms with van der Waals surface area (Å²) in [5, 5.41) is 15.4. The second kappa shape index (κ2) is 5.36. The Labute approximate surface area is 127 Å². The Kier molecular flexibility index (Phi) is 3.52. The first-order valence-corrected chi connectivity index (χ1v) is 7.39. The van der Waals surface area contributed by atoms with E-state index >= 15 is 0 Å². The first kappa shape index (κ1) is 14.4. The summed E-state index contributed by atoms with van der Waals surface area (Å²) in [6.45, 7) is 4.04. The molecule has 3 rings (SSSR count). The number of ketones is 1. The van der Waals surface area contributed by atoms with Gasteiger partial charge < -0.3 is 0 Å². The Balaban J connectivity index is 2.13. The van der Waals surface area contributed by atoms with Crippen LogP contribution in [0.15, 0.2) is 24.3 Å². The van der Waals surface area contributed by atoms with Crippen LogP contribution in [0.1, 0.15) is 54.4 Å². The number of nitro benzene ring substituents is 1. The number of rotatable bonds is 3. The van der Waals surface area contributed by atoms with Crippen molar-refractivity contribution in [2.24, 2.45) is 0 Å². The number of fused-ring (bicyclic) bond motifs is 1. The molecule has 0 spiro atoms. The summed E-state index contributed by atoms with van der Waals surface area (Å²) in [6.07, 6.45) is 2.19. The lowest BCUT2D eigenvalue weighted by atomic mass is 9.91.